The summed E-state index contributed by atoms with van der Waals surface area (Å²) < 4.78 is 6.01. The number of β-amino-alcohol motifs (C(OH)–C–C–N with tert-alkyl or cyclic N) is 1. The Kier molecular flexibility index (Phi) is 5.36. The lowest BCUT2D eigenvalue weighted by Crippen LogP contribution is -2.55. The number of hydrogen-bond donors (Lipinski definition) is 3. The van der Waals surface area contributed by atoms with E-state index < -0.39 is 0 Å². The van der Waals surface area contributed by atoms with Crippen LogP contribution in [0.3, 0.4) is 0 Å². The van der Waals surface area contributed by atoms with Gasteiger partial charge in [0.25, 0.3) is 5.89 Å². The Bertz CT molecular complexity index is 857. The summed E-state index contributed by atoms with van der Waals surface area (Å²) in [4.78, 5) is 4.33. The molecule has 1 saturated heterocycles. The normalized spacial score (nSPS) is 20.7. The zero-order valence-corrected chi connectivity index (χ0v) is 15.8. The molecule has 6 nitrogen and oxygen atoms in total. The van der Waals surface area contributed by atoms with Crippen LogP contribution in [0.1, 0.15) is 12.7 Å². The summed E-state index contributed by atoms with van der Waals surface area (Å²) in [5, 5.41) is 26.4. The molecule has 0 amide bonds. The first-order chi connectivity index (χ1) is 11.9. The molecule has 0 bridgehead atoms. The summed E-state index contributed by atoms with van der Waals surface area (Å²) in [7, 11) is 0. The van der Waals surface area contributed by atoms with Gasteiger partial charge in [0.15, 0.2) is 0 Å². The van der Waals surface area contributed by atoms with Crippen LogP contribution >= 0.6 is 22.6 Å². The molecule has 0 radical (unpaired) electrons. The molecule has 7 heteroatoms. The van der Waals surface area contributed by atoms with Crippen molar-refractivity contribution in [3.05, 3.63) is 58.0 Å². The van der Waals surface area contributed by atoms with E-state index in [0.29, 0.717) is 29.4 Å². The minimum absolute atomic E-state index is 0.00180. The van der Waals surface area contributed by atoms with Crippen LogP contribution in [-0.2, 0) is 0 Å². The maximum atomic E-state index is 9.79. The average molecular weight is 451 g/mol. The van der Waals surface area contributed by atoms with Crippen LogP contribution in [0.15, 0.2) is 53.1 Å². The summed E-state index contributed by atoms with van der Waals surface area (Å²) in [6, 6.07) is 5.17. The Hall–Kier alpha value is -1.97. The van der Waals surface area contributed by atoms with Crippen molar-refractivity contribution in [2.24, 2.45) is 0 Å². The van der Waals surface area contributed by atoms with Crippen molar-refractivity contribution in [3.8, 4) is 17.2 Å². The lowest BCUT2D eigenvalue weighted by molar-refractivity contribution is 0.0834. The Labute approximate surface area is 159 Å². The first kappa shape index (κ1) is 17.8. The number of nitrogens with zero attached hydrogens (tertiary/aromatic N) is 2. The summed E-state index contributed by atoms with van der Waals surface area (Å²) in [5.41, 5.74) is 2.23. The van der Waals surface area contributed by atoms with Gasteiger partial charge in [0.1, 0.15) is 5.75 Å². The van der Waals surface area contributed by atoms with E-state index in [9.17, 15) is 10.2 Å². The molecular weight excluding hydrogens is 433 g/mol. The van der Waals surface area contributed by atoms with E-state index >= 15 is 0 Å². The van der Waals surface area contributed by atoms with Crippen molar-refractivity contribution in [2.75, 3.05) is 6.54 Å². The number of aliphatic hydroxyl groups is 1. The SMILES string of the molecule is C=C(/C=C(C)/C=C/C1NCC1O)c1noc(-c2ccc(I)c(O)c2)n1. The number of aromatic nitrogens is 2. The highest BCUT2D eigenvalue weighted by molar-refractivity contribution is 14.1. The fourth-order valence-corrected chi connectivity index (χ4v) is 2.65. The molecule has 3 rings (SSSR count). The highest BCUT2D eigenvalue weighted by Gasteiger charge is 2.24. The predicted molar refractivity (Wildman–Crippen MR) is 104 cm³/mol. The first-order valence-corrected chi connectivity index (χ1v) is 8.82. The van der Waals surface area contributed by atoms with Gasteiger partial charge in [-0.15, -0.1) is 0 Å². The molecule has 0 spiro atoms. The number of halogens is 1. The molecule has 3 N–H and O–H groups in total. The molecule has 2 aromatic rings. The molecule has 2 heterocycles. The summed E-state index contributed by atoms with van der Waals surface area (Å²) in [5.74, 6) is 0.887. The zero-order valence-electron chi connectivity index (χ0n) is 13.6. The van der Waals surface area contributed by atoms with Gasteiger partial charge in [-0.05, 0) is 53.8 Å². The third kappa shape index (κ3) is 4.17. The number of allylic oxidation sites excluding steroid dienone is 4. The van der Waals surface area contributed by atoms with Crippen molar-refractivity contribution in [1.82, 2.24) is 15.5 Å². The van der Waals surface area contributed by atoms with Crippen molar-refractivity contribution >= 4 is 28.2 Å². The van der Waals surface area contributed by atoms with E-state index in [-0.39, 0.29) is 17.9 Å². The average Bonchev–Trinajstić information content (AvgIpc) is 3.06. The highest BCUT2D eigenvalue weighted by Crippen LogP contribution is 2.27. The number of hydrogen-bond acceptors (Lipinski definition) is 6. The topological polar surface area (TPSA) is 91.4 Å². The quantitative estimate of drug-likeness (QED) is 0.479. The van der Waals surface area contributed by atoms with Crippen molar-refractivity contribution in [3.63, 3.8) is 0 Å². The Morgan fingerprint density at radius 1 is 1.48 bits per heavy atom. The number of nitrogens with one attached hydrogen (secondary N) is 1. The van der Waals surface area contributed by atoms with Gasteiger partial charge in [-0.2, -0.15) is 4.98 Å². The molecule has 1 aliphatic heterocycles. The second-order valence-electron chi connectivity index (χ2n) is 5.86. The van der Waals surface area contributed by atoms with Gasteiger partial charge in [0, 0.05) is 17.7 Å². The fourth-order valence-electron chi connectivity index (χ4n) is 2.32. The van der Waals surface area contributed by atoms with Gasteiger partial charge < -0.3 is 20.1 Å². The maximum absolute atomic E-state index is 9.79. The van der Waals surface area contributed by atoms with Crippen molar-refractivity contribution in [2.45, 2.75) is 19.1 Å². The number of phenols is 1. The van der Waals surface area contributed by atoms with Gasteiger partial charge in [-0.1, -0.05) is 29.5 Å². The second kappa shape index (κ2) is 7.51. The maximum Gasteiger partial charge on any atom is 0.258 e. The molecule has 1 aromatic carbocycles. The van der Waals surface area contributed by atoms with E-state index in [1.165, 1.54) is 0 Å². The van der Waals surface area contributed by atoms with Crippen LogP contribution in [0.25, 0.3) is 17.0 Å². The van der Waals surface area contributed by atoms with Crippen molar-refractivity contribution < 1.29 is 14.7 Å². The van der Waals surface area contributed by atoms with Crippen molar-refractivity contribution in [1.29, 1.82) is 0 Å². The summed E-state index contributed by atoms with van der Waals surface area (Å²) >= 11 is 2.04. The molecule has 1 aliphatic rings. The summed E-state index contributed by atoms with van der Waals surface area (Å²) in [6.07, 6.45) is 5.37. The lowest BCUT2D eigenvalue weighted by atomic mass is 10.0. The van der Waals surface area contributed by atoms with Crippen LogP contribution in [0.2, 0.25) is 0 Å². The minimum Gasteiger partial charge on any atom is -0.507 e. The summed E-state index contributed by atoms with van der Waals surface area (Å²) in [6.45, 7) is 6.53. The smallest absolute Gasteiger partial charge is 0.258 e. The van der Waals surface area contributed by atoms with Crippen LogP contribution in [-0.4, -0.2) is 39.0 Å². The van der Waals surface area contributed by atoms with E-state index in [2.05, 4.69) is 22.0 Å². The number of aromatic hydroxyl groups is 1. The largest absolute Gasteiger partial charge is 0.507 e. The second-order valence-corrected chi connectivity index (χ2v) is 7.03. The van der Waals surface area contributed by atoms with Crippen LogP contribution in [0.5, 0.6) is 5.75 Å². The van der Waals surface area contributed by atoms with Gasteiger partial charge in [-0.3, -0.25) is 0 Å². The molecule has 1 fully saturated rings. The number of aliphatic hydroxyl groups excluding tert-OH is 1. The van der Waals surface area contributed by atoms with Gasteiger partial charge in [-0.25, -0.2) is 0 Å². The standard InChI is InChI=1S/C18H18IN3O3/c1-10(3-6-14-16(24)9-20-14)7-11(2)17-21-18(25-22-17)12-4-5-13(19)15(23)8-12/h3-8,14,16,20,23-24H,2,9H2,1H3/b6-3+,10-7+. The van der Waals surface area contributed by atoms with Crippen LogP contribution in [0, 0.1) is 3.57 Å². The Morgan fingerprint density at radius 2 is 2.28 bits per heavy atom. The van der Waals surface area contributed by atoms with E-state index in [1.807, 2.05) is 53.8 Å². The van der Waals surface area contributed by atoms with Crippen LogP contribution < -0.4 is 5.32 Å². The van der Waals surface area contributed by atoms with Gasteiger partial charge in [0.05, 0.1) is 15.7 Å². The van der Waals surface area contributed by atoms with Gasteiger partial charge in [0.2, 0.25) is 5.82 Å². The minimum atomic E-state index is -0.322. The zero-order chi connectivity index (χ0) is 18.0. The van der Waals surface area contributed by atoms with Gasteiger partial charge >= 0.3 is 0 Å². The lowest BCUT2D eigenvalue weighted by Gasteiger charge is -2.31. The Morgan fingerprint density at radius 3 is 2.92 bits per heavy atom. The van der Waals surface area contributed by atoms with E-state index in [0.717, 1.165) is 9.14 Å². The molecule has 2 unspecified atom stereocenters. The number of benzene rings is 1. The first-order valence-electron chi connectivity index (χ1n) is 7.74. The molecule has 0 saturated carbocycles. The molecule has 0 aliphatic carbocycles. The Balaban J connectivity index is 1.71. The number of phenolic OH excluding ortho intramolecular Hbond substituents is 1. The van der Waals surface area contributed by atoms with E-state index in [4.69, 9.17) is 4.52 Å². The molecule has 25 heavy (non-hydrogen) atoms. The number of rotatable bonds is 5. The third-order valence-corrected chi connectivity index (χ3v) is 4.76. The molecule has 130 valence electrons. The molecule has 1 aromatic heterocycles. The fraction of sp³-hybridized carbons (Fsp3) is 0.222. The van der Waals surface area contributed by atoms with E-state index in [1.54, 1.807) is 12.1 Å². The highest BCUT2D eigenvalue weighted by atomic mass is 127. The molecular formula is C18H18IN3O3. The monoisotopic (exact) mass is 451 g/mol. The predicted octanol–water partition coefficient (Wildman–Crippen LogP) is 2.90. The third-order valence-electron chi connectivity index (χ3n) is 3.85. The molecule has 2 atom stereocenters. The van der Waals surface area contributed by atoms with Crippen LogP contribution in [0.4, 0.5) is 0 Å².